The van der Waals surface area contributed by atoms with E-state index in [4.69, 9.17) is 5.11 Å². The largest absolute Gasteiger partial charge is 0.477 e. The molecule has 1 aromatic rings. The lowest BCUT2D eigenvalue weighted by molar-refractivity contribution is 0.0700. The number of carboxylic acid groups (broad SMARTS) is 1. The Labute approximate surface area is 106 Å². The maximum absolute atomic E-state index is 11.1. The molecule has 1 heterocycles. The van der Waals surface area contributed by atoms with Crippen molar-refractivity contribution in [1.29, 1.82) is 0 Å². The Bertz CT molecular complexity index is 375. The maximum atomic E-state index is 11.1. The number of carbonyl (C=O) groups is 1. The summed E-state index contributed by atoms with van der Waals surface area (Å²) in [6.45, 7) is 7.83. The van der Waals surface area contributed by atoms with E-state index in [1.165, 1.54) is 11.3 Å². The van der Waals surface area contributed by atoms with Gasteiger partial charge in [0.05, 0.1) is 5.69 Å². The van der Waals surface area contributed by atoms with Gasteiger partial charge in [-0.25, -0.2) is 9.78 Å². The number of thiazole rings is 1. The minimum Gasteiger partial charge on any atom is -0.477 e. The van der Waals surface area contributed by atoms with E-state index in [1.54, 1.807) is 0 Å². The SMILES string of the molecule is CCCNCc1nc(CC(C)C)c(C(=O)O)s1. The lowest BCUT2D eigenvalue weighted by Crippen LogP contribution is -2.13. The van der Waals surface area contributed by atoms with Crippen LogP contribution in [0.3, 0.4) is 0 Å². The van der Waals surface area contributed by atoms with Crippen LogP contribution >= 0.6 is 11.3 Å². The number of hydrogen-bond acceptors (Lipinski definition) is 4. The first-order valence-corrected chi connectivity index (χ1v) is 6.78. The summed E-state index contributed by atoms with van der Waals surface area (Å²) < 4.78 is 0. The molecule has 0 saturated carbocycles. The smallest absolute Gasteiger partial charge is 0.347 e. The van der Waals surface area contributed by atoms with Crippen LogP contribution in [0.5, 0.6) is 0 Å². The number of rotatable bonds is 7. The normalized spacial score (nSPS) is 11.1. The number of carboxylic acids is 1. The molecule has 1 aromatic heterocycles. The first-order chi connectivity index (χ1) is 8.04. The van der Waals surface area contributed by atoms with Gasteiger partial charge in [0.15, 0.2) is 0 Å². The Morgan fingerprint density at radius 2 is 2.24 bits per heavy atom. The summed E-state index contributed by atoms with van der Waals surface area (Å²) in [4.78, 5) is 15.9. The molecule has 0 amide bonds. The zero-order valence-electron chi connectivity index (χ0n) is 10.6. The topological polar surface area (TPSA) is 62.2 Å². The predicted molar refractivity (Wildman–Crippen MR) is 69.6 cm³/mol. The Morgan fingerprint density at radius 1 is 1.53 bits per heavy atom. The third-order valence-corrected chi connectivity index (χ3v) is 3.33. The van der Waals surface area contributed by atoms with E-state index in [9.17, 15) is 4.79 Å². The van der Waals surface area contributed by atoms with Crippen molar-refractivity contribution in [1.82, 2.24) is 10.3 Å². The van der Waals surface area contributed by atoms with Crippen LogP contribution < -0.4 is 5.32 Å². The van der Waals surface area contributed by atoms with Gasteiger partial charge in [0.1, 0.15) is 9.88 Å². The molecule has 0 fully saturated rings. The highest BCUT2D eigenvalue weighted by atomic mass is 32.1. The molecule has 0 atom stereocenters. The summed E-state index contributed by atoms with van der Waals surface area (Å²) >= 11 is 1.29. The van der Waals surface area contributed by atoms with Gasteiger partial charge in [-0.1, -0.05) is 20.8 Å². The Balaban J connectivity index is 2.76. The van der Waals surface area contributed by atoms with E-state index in [-0.39, 0.29) is 0 Å². The van der Waals surface area contributed by atoms with Crippen molar-refractivity contribution < 1.29 is 9.90 Å². The Hall–Kier alpha value is -0.940. The fourth-order valence-electron chi connectivity index (χ4n) is 1.54. The lowest BCUT2D eigenvalue weighted by atomic mass is 10.1. The number of hydrogen-bond donors (Lipinski definition) is 2. The molecule has 0 aliphatic carbocycles. The maximum Gasteiger partial charge on any atom is 0.347 e. The number of aromatic carboxylic acids is 1. The summed E-state index contributed by atoms with van der Waals surface area (Å²) in [6.07, 6.45) is 1.79. The average Bonchev–Trinajstić information content (AvgIpc) is 2.60. The molecule has 0 saturated heterocycles. The van der Waals surface area contributed by atoms with Crippen molar-refractivity contribution >= 4 is 17.3 Å². The first kappa shape index (κ1) is 14.1. The van der Waals surface area contributed by atoms with Gasteiger partial charge in [0.2, 0.25) is 0 Å². The van der Waals surface area contributed by atoms with E-state index in [1.807, 2.05) is 0 Å². The molecular formula is C12H20N2O2S. The molecule has 0 bridgehead atoms. The fourth-order valence-corrected chi connectivity index (χ4v) is 2.44. The van der Waals surface area contributed by atoms with Gasteiger partial charge in [-0.3, -0.25) is 0 Å². The number of aromatic nitrogens is 1. The van der Waals surface area contributed by atoms with Crippen LogP contribution in [0.15, 0.2) is 0 Å². The highest BCUT2D eigenvalue weighted by molar-refractivity contribution is 7.13. The van der Waals surface area contributed by atoms with Crippen molar-refractivity contribution in [2.24, 2.45) is 5.92 Å². The summed E-state index contributed by atoms with van der Waals surface area (Å²) in [5.74, 6) is -0.438. The van der Waals surface area contributed by atoms with Crippen molar-refractivity contribution in [3.63, 3.8) is 0 Å². The van der Waals surface area contributed by atoms with E-state index in [0.29, 0.717) is 17.3 Å². The Kier molecular flexibility index (Phi) is 5.58. The zero-order chi connectivity index (χ0) is 12.8. The fraction of sp³-hybridized carbons (Fsp3) is 0.667. The minimum absolute atomic E-state index is 0.395. The van der Waals surface area contributed by atoms with Crippen LogP contribution in [0.1, 0.15) is 47.6 Å². The van der Waals surface area contributed by atoms with Gasteiger partial charge in [-0.15, -0.1) is 11.3 Å². The van der Waals surface area contributed by atoms with Crippen LogP contribution in [0.2, 0.25) is 0 Å². The summed E-state index contributed by atoms with van der Waals surface area (Å²) in [5.41, 5.74) is 0.728. The highest BCUT2D eigenvalue weighted by Crippen LogP contribution is 2.21. The second-order valence-electron chi connectivity index (χ2n) is 4.46. The standard InChI is InChI=1S/C12H20N2O2S/c1-4-5-13-7-10-14-9(6-8(2)3)11(17-10)12(15)16/h8,13H,4-7H2,1-3H3,(H,15,16). The van der Waals surface area contributed by atoms with Crippen LogP contribution in [0, 0.1) is 5.92 Å². The number of nitrogens with one attached hydrogen (secondary N) is 1. The van der Waals surface area contributed by atoms with Crippen LogP contribution in [0.4, 0.5) is 0 Å². The van der Waals surface area contributed by atoms with Crippen molar-refractivity contribution in [3.05, 3.63) is 15.6 Å². The second-order valence-corrected chi connectivity index (χ2v) is 5.55. The molecular weight excluding hydrogens is 236 g/mol. The third kappa shape index (κ3) is 4.44. The summed E-state index contributed by atoms with van der Waals surface area (Å²) in [6, 6.07) is 0. The van der Waals surface area contributed by atoms with Gasteiger partial charge >= 0.3 is 5.97 Å². The quantitative estimate of drug-likeness (QED) is 0.736. The van der Waals surface area contributed by atoms with Crippen molar-refractivity contribution in [2.45, 2.75) is 40.2 Å². The van der Waals surface area contributed by atoms with Crippen LogP contribution in [-0.4, -0.2) is 22.6 Å². The van der Waals surface area contributed by atoms with Crippen LogP contribution in [-0.2, 0) is 13.0 Å². The molecule has 96 valence electrons. The Morgan fingerprint density at radius 3 is 2.76 bits per heavy atom. The molecule has 0 radical (unpaired) electrons. The molecule has 4 nitrogen and oxygen atoms in total. The molecule has 2 N–H and O–H groups in total. The highest BCUT2D eigenvalue weighted by Gasteiger charge is 2.17. The monoisotopic (exact) mass is 256 g/mol. The first-order valence-electron chi connectivity index (χ1n) is 5.97. The molecule has 17 heavy (non-hydrogen) atoms. The van der Waals surface area contributed by atoms with E-state index < -0.39 is 5.97 Å². The van der Waals surface area contributed by atoms with E-state index in [2.05, 4.69) is 31.1 Å². The van der Waals surface area contributed by atoms with Crippen LogP contribution in [0.25, 0.3) is 0 Å². The molecule has 5 heteroatoms. The molecule has 1 rings (SSSR count). The van der Waals surface area contributed by atoms with Crippen molar-refractivity contribution in [2.75, 3.05) is 6.54 Å². The van der Waals surface area contributed by atoms with Gasteiger partial charge < -0.3 is 10.4 Å². The zero-order valence-corrected chi connectivity index (χ0v) is 11.4. The predicted octanol–water partition coefficient (Wildman–Crippen LogP) is 2.54. The molecule has 0 spiro atoms. The van der Waals surface area contributed by atoms with Gasteiger partial charge in [0, 0.05) is 6.54 Å². The molecule has 0 aliphatic rings. The molecule has 0 aromatic carbocycles. The van der Waals surface area contributed by atoms with Crippen molar-refractivity contribution in [3.8, 4) is 0 Å². The molecule has 0 unspecified atom stereocenters. The summed E-state index contributed by atoms with van der Waals surface area (Å²) in [7, 11) is 0. The third-order valence-electron chi connectivity index (χ3n) is 2.24. The second kappa shape index (κ2) is 6.71. The van der Waals surface area contributed by atoms with E-state index in [0.717, 1.165) is 30.1 Å². The summed E-state index contributed by atoms with van der Waals surface area (Å²) in [5, 5.41) is 13.2. The van der Waals surface area contributed by atoms with E-state index >= 15 is 0 Å². The van der Waals surface area contributed by atoms with Gasteiger partial charge in [-0.2, -0.15) is 0 Å². The molecule has 0 aliphatic heterocycles. The number of nitrogens with zero attached hydrogens (tertiary/aromatic N) is 1. The minimum atomic E-state index is -0.861. The van der Waals surface area contributed by atoms with Gasteiger partial charge in [0.25, 0.3) is 0 Å². The average molecular weight is 256 g/mol. The lowest BCUT2D eigenvalue weighted by Gasteiger charge is -2.01. The van der Waals surface area contributed by atoms with Gasteiger partial charge in [-0.05, 0) is 25.3 Å².